The minimum Gasteiger partial charge on any atom is -0.390 e. The molecular formula is C4H8N3O+. The summed E-state index contributed by atoms with van der Waals surface area (Å²) in [4.78, 5) is 1.28. The number of aromatic nitrogens is 2. The van der Waals surface area contributed by atoms with Gasteiger partial charge in [-0.25, -0.2) is 0 Å². The average Bonchev–Trinajstić information content (AvgIpc) is 2.14. The zero-order chi connectivity index (χ0) is 5.98. The first-order valence-electron chi connectivity index (χ1n) is 2.28. The molecule has 0 saturated carbocycles. The lowest BCUT2D eigenvalue weighted by molar-refractivity contribution is -0.696. The van der Waals surface area contributed by atoms with Crippen LogP contribution in [0.3, 0.4) is 0 Å². The second-order valence-corrected chi connectivity index (χ2v) is 1.52. The second kappa shape index (κ2) is 1.83. The number of rotatable bonds is 1. The van der Waals surface area contributed by atoms with Crippen LogP contribution >= 0.6 is 0 Å². The van der Waals surface area contributed by atoms with Crippen molar-refractivity contribution in [1.29, 1.82) is 0 Å². The molecule has 0 spiro atoms. The van der Waals surface area contributed by atoms with E-state index in [0.29, 0.717) is 5.69 Å². The van der Waals surface area contributed by atoms with E-state index >= 15 is 0 Å². The number of H-pyrrole nitrogens is 1. The number of hydrogen-bond acceptors (Lipinski definition) is 2. The highest BCUT2D eigenvalue weighted by molar-refractivity contribution is 4.90. The van der Waals surface area contributed by atoms with E-state index in [2.05, 4.69) is 5.10 Å². The highest BCUT2D eigenvalue weighted by atomic mass is 16.3. The van der Waals surface area contributed by atoms with Crippen LogP contribution < -0.4 is 10.6 Å². The van der Waals surface area contributed by atoms with Crippen molar-refractivity contribution < 1.29 is 9.90 Å². The molecular weight excluding hydrogens is 106 g/mol. The second-order valence-electron chi connectivity index (χ2n) is 1.52. The Hall–Kier alpha value is -1.03. The van der Waals surface area contributed by atoms with Crippen molar-refractivity contribution in [1.82, 2.24) is 5.10 Å². The van der Waals surface area contributed by atoms with Crippen LogP contribution in [0.25, 0.3) is 0 Å². The number of nitrogen functional groups attached to an aromatic ring is 1. The Balaban J connectivity index is 2.84. The van der Waals surface area contributed by atoms with E-state index in [9.17, 15) is 0 Å². The number of hydrogen-bond donors (Lipinski definition) is 3. The molecule has 0 aliphatic heterocycles. The third-order valence-electron chi connectivity index (χ3n) is 0.879. The van der Waals surface area contributed by atoms with Crippen LogP contribution in [0.5, 0.6) is 0 Å². The Kier molecular flexibility index (Phi) is 1.17. The smallest absolute Gasteiger partial charge is 0.229 e. The molecule has 0 bridgehead atoms. The van der Waals surface area contributed by atoms with Gasteiger partial charge in [0.25, 0.3) is 0 Å². The monoisotopic (exact) mass is 114 g/mol. The fourth-order valence-corrected chi connectivity index (χ4v) is 0.499. The molecule has 8 heavy (non-hydrogen) atoms. The summed E-state index contributed by atoms with van der Waals surface area (Å²) in [6.07, 6.45) is 1.63. The molecule has 0 unspecified atom stereocenters. The quantitative estimate of drug-likeness (QED) is 0.307. The van der Waals surface area contributed by atoms with Gasteiger partial charge in [-0.2, -0.15) is 5.84 Å². The molecule has 1 aromatic rings. The van der Waals surface area contributed by atoms with Gasteiger partial charge < -0.3 is 5.11 Å². The van der Waals surface area contributed by atoms with Gasteiger partial charge >= 0.3 is 0 Å². The number of nitrogens with zero attached hydrogens (tertiary/aromatic N) is 1. The molecule has 4 N–H and O–H groups in total. The first-order valence-corrected chi connectivity index (χ1v) is 2.28. The van der Waals surface area contributed by atoms with E-state index in [4.69, 9.17) is 10.9 Å². The summed E-state index contributed by atoms with van der Waals surface area (Å²) in [7, 11) is 0. The van der Waals surface area contributed by atoms with Gasteiger partial charge in [-0.15, -0.1) is 5.10 Å². The van der Waals surface area contributed by atoms with Crippen LogP contribution in [0.2, 0.25) is 0 Å². The summed E-state index contributed by atoms with van der Waals surface area (Å²) in [5.41, 5.74) is 0.715. The summed E-state index contributed by atoms with van der Waals surface area (Å²) in [5, 5.41) is 11.1. The van der Waals surface area contributed by atoms with E-state index in [1.165, 1.54) is 4.79 Å². The molecule has 0 atom stereocenters. The SMILES string of the molecule is N[n+]1ccc(CO)[nH]1. The Bertz CT molecular complexity index is 172. The average molecular weight is 114 g/mol. The Labute approximate surface area is 46.5 Å². The number of aliphatic hydroxyl groups is 1. The predicted octanol–water partition coefficient (Wildman–Crippen LogP) is -1.49. The Morgan fingerprint density at radius 1 is 1.88 bits per heavy atom. The zero-order valence-corrected chi connectivity index (χ0v) is 4.33. The van der Waals surface area contributed by atoms with Crippen molar-refractivity contribution in [2.24, 2.45) is 0 Å². The molecule has 4 heteroatoms. The molecule has 1 rings (SSSR count). The van der Waals surface area contributed by atoms with Gasteiger partial charge in [-0.05, 0) is 4.79 Å². The maximum Gasteiger partial charge on any atom is 0.229 e. The van der Waals surface area contributed by atoms with Gasteiger partial charge in [0.05, 0.1) is 6.61 Å². The predicted molar refractivity (Wildman–Crippen MR) is 27.1 cm³/mol. The maximum atomic E-state index is 8.45. The minimum absolute atomic E-state index is 0.00417. The molecule has 4 nitrogen and oxygen atoms in total. The summed E-state index contributed by atoms with van der Waals surface area (Å²) >= 11 is 0. The highest BCUT2D eigenvalue weighted by Crippen LogP contribution is 1.84. The van der Waals surface area contributed by atoms with E-state index in [-0.39, 0.29) is 6.61 Å². The van der Waals surface area contributed by atoms with Gasteiger partial charge in [-0.1, -0.05) is 0 Å². The fraction of sp³-hybridized carbons (Fsp3) is 0.250. The number of aliphatic hydroxyl groups excluding tert-OH is 1. The molecule has 0 saturated heterocycles. The summed E-state index contributed by atoms with van der Waals surface area (Å²) < 4.78 is 0. The van der Waals surface area contributed by atoms with Crippen LogP contribution in [0.15, 0.2) is 12.3 Å². The number of aromatic amines is 1. The standard InChI is InChI=1S/C4H7N3O/c5-7-2-1-4(3-8)6-7/h1-2,8H,3,5H2/p+1. The molecule has 0 radical (unpaired) electrons. The van der Waals surface area contributed by atoms with Crippen molar-refractivity contribution in [3.8, 4) is 0 Å². The molecule has 44 valence electrons. The van der Waals surface area contributed by atoms with Gasteiger partial charge in [0.15, 0.2) is 0 Å². The summed E-state index contributed by atoms with van der Waals surface area (Å²) in [5.74, 6) is 5.20. The first kappa shape index (κ1) is 5.11. The first-order chi connectivity index (χ1) is 3.83. The third-order valence-corrected chi connectivity index (χ3v) is 0.879. The van der Waals surface area contributed by atoms with Gasteiger partial charge in [-0.3, -0.25) is 0 Å². The van der Waals surface area contributed by atoms with Crippen LogP contribution in [0.1, 0.15) is 5.69 Å². The summed E-state index contributed by atoms with van der Waals surface area (Å²) in [6, 6.07) is 1.71. The van der Waals surface area contributed by atoms with Crippen LogP contribution in [0.4, 0.5) is 0 Å². The Morgan fingerprint density at radius 2 is 2.62 bits per heavy atom. The van der Waals surface area contributed by atoms with Crippen LogP contribution in [-0.2, 0) is 6.61 Å². The van der Waals surface area contributed by atoms with Crippen molar-refractivity contribution in [3.05, 3.63) is 18.0 Å². The van der Waals surface area contributed by atoms with E-state index < -0.39 is 0 Å². The fourth-order valence-electron chi connectivity index (χ4n) is 0.499. The molecule has 0 aliphatic rings. The zero-order valence-electron chi connectivity index (χ0n) is 4.33. The van der Waals surface area contributed by atoms with Crippen molar-refractivity contribution in [2.75, 3.05) is 5.84 Å². The van der Waals surface area contributed by atoms with Crippen LogP contribution in [-0.4, -0.2) is 10.2 Å². The topological polar surface area (TPSA) is 65.9 Å². The van der Waals surface area contributed by atoms with Crippen LogP contribution in [0, 0.1) is 0 Å². The molecule has 0 aliphatic carbocycles. The van der Waals surface area contributed by atoms with Crippen molar-refractivity contribution >= 4 is 0 Å². The van der Waals surface area contributed by atoms with Crippen molar-refractivity contribution in [3.63, 3.8) is 0 Å². The molecule has 0 fully saturated rings. The lowest BCUT2D eigenvalue weighted by Crippen LogP contribution is -2.45. The molecule has 0 aromatic carbocycles. The third kappa shape index (κ3) is 0.788. The highest BCUT2D eigenvalue weighted by Gasteiger charge is 1.96. The number of nitrogens with two attached hydrogens (primary N) is 1. The van der Waals surface area contributed by atoms with Gasteiger partial charge in [0, 0.05) is 6.07 Å². The molecule has 0 amide bonds. The minimum atomic E-state index is 0.00417. The van der Waals surface area contributed by atoms with Crippen molar-refractivity contribution in [2.45, 2.75) is 6.61 Å². The lowest BCUT2D eigenvalue weighted by Gasteiger charge is -1.78. The molecule has 1 aromatic heterocycles. The normalized spacial score (nSPS) is 9.62. The summed E-state index contributed by atoms with van der Waals surface area (Å²) in [6.45, 7) is 0.00417. The largest absolute Gasteiger partial charge is 0.390 e. The van der Waals surface area contributed by atoms with E-state index in [1.54, 1.807) is 12.3 Å². The van der Waals surface area contributed by atoms with E-state index in [1.807, 2.05) is 0 Å². The number of nitrogens with one attached hydrogen (secondary N) is 1. The van der Waals surface area contributed by atoms with E-state index in [0.717, 1.165) is 0 Å². The van der Waals surface area contributed by atoms with Gasteiger partial charge in [0.1, 0.15) is 5.69 Å². The molecule has 1 heterocycles. The maximum absolute atomic E-state index is 8.45. The Morgan fingerprint density at radius 3 is 2.88 bits per heavy atom. The van der Waals surface area contributed by atoms with Gasteiger partial charge in [0.2, 0.25) is 6.20 Å². The lowest BCUT2D eigenvalue weighted by atomic mass is 10.5.